The molecule has 1 aromatic heterocycles. The van der Waals surface area contributed by atoms with E-state index in [0.717, 1.165) is 16.9 Å². The normalized spacial score (nSPS) is 10.5. The number of aromatic nitrogens is 3. The highest BCUT2D eigenvalue weighted by Crippen LogP contribution is 2.13. The first-order valence-electron chi connectivity index (χ1n) is 7.35. The van der Waals surface area contributed by atoms with Crippen LogP contribution in [0.2, 0.25) is 0 Å². The van der Waals surface area contributed by atoms with Gasteiger partial charge in [0.15, 0.2) is 5.78 Å². The number of hydrogen-bond donors (Lipinski definition) is 0. The molecule has 1 heterocycles. The fourth-order valence-corrected chi connectivity index (χ4v) is 2.29. The molecule has 116 valence electrons. The number of rotatable bonds is 6. The van der Waals surface area contributed by atoms with E-state index in [1.54, 1.807) is 18.0 Å². The second-order valence-electron chi connectivity index (χ2n) is 5.23. The summed E-state index contributed by atoms with van der Waals surface area (Å²) in [6.45, 7) is 0.601. The van der Waals surface area contributed by atoms with Crippen LogP contribution in [-0.4, -0.2) is 27.9 Å². The van der Waals surface area contributed by atoms with Crippen LogP contribution in [0.3, 0.4) is 0 Å². The van der Waals surface area contributed by atoms with Crippen LogP contribution in [0.25, 0.3) is 0 Å². The molecule has 0 atom stereocenters. The van der Waals surface area contributed by atoms with Crippen LogP contribution in [0.1, 0.15) is 21.6 Å². The quantitative estimate of drug-likeness (QED) is 0.657. The summed E-state index contributed by atoms with van der Waals surface area (Å²) in [6.07, 6.45) is 1.99. The van der Waals surface area contributed by atoms with Gasteiger partial charge in [-0.3, -0.25) is 4.79 Å². The van der Waals surface area contributed by atoms with Crippen LogP contribution in [-0.2, 0) is 13.0 Å². The number of carbonyl (C=O) groups is 1. The first kappa shape index (κ1) is 15.0. The van der Waals surface area contributed by atoms with Crippen molar-refractivity contribution in [1.82, 2.24) is 15.0 Å². The lowest BCUT2D eigenvalue weighted by Crippen LogP contribution is -2.04. The van der Waals surface area contributed by atoms with Crippen molar-refractivity contribution in [3.63, 3.8) is 0 Å². The van der Waals surface area contributed by atoms with E-state index in [-0.39, 0.29) is 5.78 Å². The number of carbonyl (C=O) groups excluding carboxylic acids is 1. The third-order valence-electron chi connectivity index (χ3n) is 3.54. The van der Waals surface area contributed by atoms with Gasteiger partial charge < -0.3 is 4.74 Å². The number of ketones is 1. The van der Waals surface area contributed by atoms with Gasteiger partial charge in [0.1, 0.15) is 11.4 Å². The lowest BCUT2D eigenvalue weighted by molar-refractivity contribution is 0.0988. The van der Waals surface area contributed by atoms with Gasteiger partial charge >= 0.3 is 0 Å². The van der Waals surface area contributed by atoms with Gasteiger partial charge in [0, 0.05) is 6.42 Å². The third-order valence-corrected chi connectivity index (χ3v) is 3.54. The molecule has 0 saturated carbocycles. The summed E-state index contributed by atoms with van der Waals surface area (Å²) in [5.74, 6) is 0.726. The third kappa shape index (κ3) is 3.83. The lowest BCUT2D eigenvalue weighted by Gasteiger charge is -2.01. The van der Waals surface area contributed by atoms with Crippen LogP contribution >= 0.6 is 0 Å². The molecule has 0 aliphatic rings. The molecule has 5 heteroatoms. The van der Waals surface area contributed by atoms with Gasteiger partial charge in [-0.25, -0.2) is 4.68 Å². The minimum absolute atomic E-state index is 0.0468. The zero-order valence-electron chi connectivity index (χ0n) is 12.8. The topological polar surface area (TPSA) is 57.0 Å². The van der Waals surface area contributed by atoms with Crippen LogP contribution in [0.4, 0.5) is 0 Å². The summed E-state index contributed by atoms with van der Waals surface area (Å²) in [5, 5.41) is 8.01. The predicted molar refractivity (Wildman–Crippen MR) is 86.6 cm³/mol. The van der Waals surface area contributed by atoms with Crippen molar-refractivity contribution in [3.8, 4) is 5.75 Å². The molecular weight excluding hydrogens is 290 g/mol. The van der Waals surface area contributed by atoms with Crippen LogP contribution < -0.4 is 4.74 Å². The monoisotopic (exact) mass is 307 g/mol. The Hall–Kier alpha value is -2.95. The average molecular weight is 307 g/mol. The van der Waals surface area contributed by atoms with Gasteiger partial charge in [0.05, 0.1) is 19.9 Å². The Labute approximate surface area is 134 Å². The van der Waals surface area contributed by atoms with E-state index in [4.69, 9.17) is 4.74 Å². The number of methoxy groups -OCH3 is 1. The van der Waals surface area contributed by atoms with Crippen molar-refractivity contribution >= 4 is 5.78 Å². The van der Waals surface area contributed by atoms with E-state index >= 15 is 0 Å². The first-order valence-corrected chi connectivity index (χ1v) is 7.35. The first-order chi connectivity index (χ1) is 11.2. The van der Waals surface area contributed by atoms with E-state index in [1.807, 2.05) is 54.6 Å². The van der Waals surface area contributed by atoms with Crippen molar-refractivity contribution in [2.24, 2.45) is 0 Å². The van der Waals surface area contributed by atoms with Crippen molar-refractivity contribution < 1.29 is 9.53 Å². The Morgan fingerprint density at radius 3 is 2.48 bits per heavy atom. The average Bonchev–Trinajstić information content (AvgIpc) is 3.05. The maximum Gasteiger partial charge on any atom is 0.189 e. The van der Waals surface area contributed by atoms with Gasteiger partial charge in [-0.05, 0) is 23.3 Å². The minimum Gasteiger partial charge on any atom is -0.497 e. The van der Waals surface area contributed by atoms with E-state index in [9.17, 15) is 4.79 Å². The van der Waals surface area contributed by atoms with Gasteiger partial charge in [0.25, 0.3) is 0 Å². The highest BCUT2D eigenvalue weighted by atomic mass is 16.5. The zero-order valence-corrected chi connectivity index (χ0v) is 12.8. The maximum absolute atomic E-state index is 12.3. The van der Waals surface area contributed by atoms with Crippen LogP contribution in [0.15, 0.2) is 60.8 Å². The molecule has 0 unspecified atom stereocenters. The number of nitrogens with zero attached hydrogens (tertiary/aromatic N) is 3. The Bertz CT molecular complexity index is 780. The molecule has 2 aromatic carbocycles. The van der Waals surface area contributed by atoms with E-state index in [0.29, 0.717) is 18.7 Å². The highest BCUT2D eigenvalue weighted by Gasteiger charge is 2.12. The van der Waals surface area contributed by atoms with Crippen LogP contribution in [0, 0.1) is 0 Å². The molecule has 0 aliphatic carbocycles. The molecular formula is C18H17N3O2. The second-order valence-corrected chi connectivity index (χ2v) is 5.23. The smallest absolute Gasteiger partial charge is 0.189 e. The summed E-state index contributed by atoms with van der Waals surface area (Å²) in [5.41, 5.74) is 2.43. The molecule has 0 bridgehead atoms. The molecule has 0 aliphatic heterocycles. The van der Waals surface area contributed by atoms with Gasteiger partial charge in [-0.15, -0.1) is 5.10 Å². The molecule has 3 aromatic rings. The molecule has 3 rings (SSSR count). The maximum atomic E-state index is 12.3. The fraction of sp³-hybridized carbons (Fsp3) is 0.167. The van der Waals surface area contributed by atoms with E-state index in [1.165, 1.54) is 0 Å². The van der Waals surface area contributed by atoms with Crippen LogP contribution in [0.5, 0.6) is 5.75 Å². The number of benzene rings is 2. The summed E-state index contributed by atoms with van der Waals surface area (Å²) in [7, 11) is 1.62. The minimum atomic E-state index is -0.0468. The number of hydrogen-bond acceptors (Lipinski definition) is 4. The molecule has 0 radical (unpaired) electrons. The molecule has 0 N–H and O–H groups in total. The molecule has 5 nitrogen and oxygen atoms in total. The Morgan fingerprint density at radius 2 is 1.78 bits per heavy atom. The van der Waals surface area contributed by atoms with Crippen molar-refractivity contribution in [1.29, 1.82) is 0 Å². The molecule has 23 heavy (non-hydrogen) atoms. The largest absolute Gasteiger partial charge is 0.497 e. The van der Waals surface area contributed by atoms with Gasteiger partial charge in [-0.2, -0.15) is 0 Å². The number of ether oxygens (including phenoxy) is 1. The van der Waals surface area contributed by atoms with E-state index < -0.39 is 0 Å². The molecule has 0 fully saturated rings. The van der Waals surface area contributed by atoms with E-state index in [2.05, 4.69) is 10.3 Å². The SMILES string of the molecule is COc1ccc(CC(=O)c2cn(Cc3ccccc3)nn2)cc1. The predicted octanol–water partition coefficient (Wildman–Crippen LogP) is 2.76. The Kier molecular flexibility index (Phi) is 4.47. The van der Waals surface area contributed by atoms with Crippen molar-refractivity contribution in [3.05, 3.63) is 77.6 Å². The molecule has 0 amide bonds. The van der Waals surface area contributed by atoms with Gasteiger partial charge in [-0.1, -0.05) is 47.7 Å². The summed E-state index contributed by atoms with van der Waals surface area (Å²) in [4.78, 5) is 12.3. The fourth-order valence-electron chi connectivity index (χ4n) is 2.29. The zero-order chi connectivity index (χ0) is 16.1. The van der Waals surface area contributed by atoms with Crippen molar-refractivity contribution in [2.45, 2.75) is 13.0 Å². The van der Waals surface area contributed by atoms with Crippen molar-refractivity contribution in [2.75, 3.05) is 7.11 Å². The number of Topliss-reactive ketones (excluding diaryl/α,β-unsaturated/α-hetero) is 1. The Balaban J connectivity index is 1.66. The molecule has 0 spiro atoms. The summed E-state index contributed by atoms with van der Waals surface area (Å²) >= 11 is 0. The lowest BCUT2D eigenvalue weighted by atomic mass is 10.1. The summed E-state index contributed by atoms with van der Waals surface area (Å²) in [6, 6.07) is 17.4. The van der Waals surface area contributed by atoms with Gasteiger partial charge in [0.2, 0.25) is 0 Å². The summed E-state index contributed by atoms with van der Waals surface area (Å²) < 4.78 is 6.79. The highest BCUT2D eigenvalue weighted by molar-refractivity contribution is 5.95. The molecule has 0 saturated heterocycles. The second kappa shape index (κ2) is 6.87. The Morgan fingerprint density at radius 1 is 1.04 bits per heavy atom. The standard InChI is InChI=1S/C18H17N3O2/c1-23-16-9-7-14(8-10-16)11-18(22)17-13-21(20-19-17)12-15-5-3-2-4-6-15/h2-10,13H,11-12H2,1H3.